The second-order valence-electron chi connectivity index (χ2n) is 16.1. The molecule has 1 heterocycles. The summed E-state index contributed by atoms with van der Waals surface area (Å²) in [5, 5.41) is 5.13. The molecule has 0 unspecified atom stereocenters. The number of nitrogens with zero attached hydrogens (tertiary/aromatic N) is 1. The molecule has 1 aromatic heterocycles. The van der Waals surface area contributed by atoms with Crippen molar-refractivity contribution in [1.82, 2.24) is 4.57 Å². The van der Waals surface area contributed by atoms with Gasteiger partial charge in [0.15, 0.2) is 0 Å². The second-order valence-corrected chi connectivity index (χ2v) is 16.1. The summed E-state index contributed by atoms with van der Waals surface area (Å²) >= 11 is 0. The Kier molecular flexibility index (Phi) is 8.13. The van der Waals surface area contributed by atoms with Crippen LogP contribution in [0.2, 0.25) is 0 Å². The Hall–Kier alpha value is -7.22. The summed E-state index contributed by atoms with van der Waals surface area (Å²) in [5.74, 6) is 0. The normalized spacial score (nSPS) is 13.1. The summed E-state index contributed by atoms with van der Waals surface area (Å²) in [6.07, 6.45) is 4.18. The number of hydrogen-bond acceptors (Lipinski definition) is 0. The first-order valence-electron chi connectivity index (χ1n) is 20.7. The number of benzene rings is 9. The van der Waals surface area contributed by atoms with E-state index >= 15 is 0 Å². The van der Waals surface area contributed by atoms with Gasteiger partial charge in [0.2, 0.25) is 0 Å². The van der Waals surface area contributed by atoms with E-state index in [0.717, 1.165) is 0 Å². The smallest absolute Gasteiger partial charge is 0.0725 e. The minimum atomic E-state index is -0.358. The van der Waals surface area contributed by atoms with E-state index in [4.69, 9.17) is 0 Å². The second kappa shape index (κ2) is 13.7. The van der Waals surface area contributed by atoms with Crippen LogP contribution in [0, 0.1) is 13.8 Å². The third-order valence-corrected chi connectivity index (χ3v) is 12.8. The van der Waals surface area contributed by atoms with Crippen molar-refractivity contribution in [2.75, 3.05) is 0 Å². The van der Waals surface area contributed by atoms with Gasteiger partial charge in [-0.1, -0.05) is 175 Å². The van der Waals surface area contributed by atoms with Gasteiger partial charge in [-0.05, 0) is 135 Å². The molecule has 12 rings (SSSR count). The van der Waals surface area contributed by atoms with Crippen molar-refractivity contribution in [3.05, 3.63) is 239 Å². The molecule has 0 fully saturated rings. The Morgan fingerprint density at radius 1 is 0.441 bits per heavy atom. The quantitative estimate of drug-likeness (QED) is 0.169. The molecule has 1 heteroatoms. The summed E-state index contributed by atoms with van der Waals surface area (Å²) in [6, 6.07) is 71.9. The standard InChI is InChI=1S/C48H31N.C10H12/c1-30-19-23-38-39-24-20-33(29-44(39)48(43(38)27-30)41-17-9-7-15-36(41)37-16-8-10-18-42(37)48)32-22-25-45-40(28-32)47-35-14-6-5-11-31(35)21-26-46(47)49(45)34-12-3-2-4-13-34;1-3-6-10-8-5-4-7-9(10)2/h2-29H,1H3;3-8H,1-2H3/b;6-3-. The molecule has 2 aliphatic carbocycles. The van der Waals surface area contributed by atoms with Gasteiger partial charge in [-0.15, -0.1) is 0 Å². The summed E-state index contributed by atoms with van der Waals surface area (Å²) in [4.78, 5) is 0. The highest BCUT2D eigenvalue weighted by molar-refractivity contribution is 6.22. The van der Waals surface area contributed by atoms with E-state index in [1.807, 2.05) is 6.92 Å². The van der Waals surface area contributed by atoms with Crippen molar-refractivity contribution >= 4 is 38.7 Å². The molecule has 10 aromatic rings. The number of rotatable bonds is 3. The fraction of sp³-hybridized carbons (Fsp3) is 0.0690. The zero-order valence-corrected chi connectivity index (χ0v) is 33.6. The molecule has 0 saturated carbocycles. The third-order valence-electron chi connectivity index (χ3n) is 12.8. The predicted octanol–water partition coefficient (Wildman–Crippen LogP) is 15.3. The maximum absolute atomic E-state index is 2.50. The molecule has 1 spiro atoms. The van der Waals surface area contributed by atoms with Gasteiger partial charge >= 0.3 is 0 Å². The molecule has 0 aliphatic heterocycles. The van der Waals surface area contributed by atoms with E-state index in [9.17, 15) is 0 Å². The van der Waals surface area contributed by atoms with Gasteiger partial charge in [0.25, 0.3) is 0 Å². The molecule has 0 N–H and O–H groups in total. The zero-order chi connectivity index (χ0) is 39.7. The highest BCUT2D eigenvalue weighted by atomic mass is 15.0. The topological polar surface area (TPSA) is 4.93 Å². The van der Waals surface area contributed by atoms with E-state index in [2.05, 4.69) is 225 Å². The van der Waals surface area contributed by atoms with Crippen molar-refractivity contribution in [3.8, 4) is 39.1 Å². The van der Waals surface area contributed by atoms with E-state index < -0.39 is 0 Å². The molecule has 280 valence electrons. The van der Waals surface area contributed by atoms with E-state index in [-0.39, 0.29) is 5.41 Å². The fourth-order valence-electron chi connectivity index (χ4n) is 10.2. The average Bonchev–Trinajstić information content (AvgIpc) is 3.89. The minimum absolute atomic E-state index is 0.358. The van der Waals surface area contributed by atoms with Gasteiger partial charge in [0.1, 0.15) is 0 Å². The molecule has 59 heavy (non-hydrogen) atoms. The summed E-state index contributed by atoms with van der Waals surface area (Å²) in [6.45, 7) is 6.38. The van der Waals surface area contributed by atoms with Gasteiger partial charge in [-0.25, -0.2) is 0 Å². The number of aromatic nitrogens is 1. The monoisotopic (exact) mass is 753 g/mol. The van der Waals surface area contributed by atoms with Crippen LogP contribution >= 0.6 is 0 Å². The van der Waals surface area contributed by atoms with Crippen LogP contribution in [0.4, 0.5) is 0 Å². The average molecular weight is 754 g/mol. The van der Waals surface area contributed by atoms with Gasteiger partial charge in [0.05, 0.1) is 16.4 Å². The van der Waals surface area contributed by atoms with Crippen molar-refractivity contribution in [2.45, 2.75) is 26.2 Å². The lowest BCUT2D eigenvalue weighted by molar-refractivity contribution is 0.793. The largest absolute Gasteiger partial charge is 0.309 e. The van der Waals surface area contributed by atoms with Crippen LogP contribution in [0.1, 0.15) is 45.9 Å². The number of hydrogen-bond donors (Lipinski definition) is 0. The Labute approximate surface area is 346 Å². The lowest BCUT2D eigenvalue weighted by Crippen LogP contribution is -2.26. The maximum Gasteiger partial charge on any atom is 0.0725 e. The zero-order valence-electron chi connectivity index (χ0n) is 33.6. The summed E-state index contributed by atoms with van der Waals surface area (Å²) in [5.41, 5.74) is 20.6. The molecular formula is C58H43N. The number of para-hydroxylation sites is 1. The van der Waals surface area contributed by atoms with E-state index in [0.29, 0.717) is 0 Å². The Morgan fingerprint density at radius 2 is 1.03 bits per heavy atom. The van der Waals surface area contributed by atoms with Gasteiger partial charge in [-0.2, -0.15) is 0 Å². The van der Waals surface area contributed by atoms with Crippen molar-refractivity contribution < 1.29 is 0 Å². The van der Waals surface area contributed by atoms with Crippen LogP contribution in [0.15, 0.2) is 200 Å². The maximum atomic E-state index is 2.50. The van der Waals surface area contributed by atoms with Crippen LogP contribution in [0.3, 0.4) is 0 Å². The summed E-state index contributed by atoms with van der Waals surface area (Å²) < 4.78 is 2.42. The first-order chi connectivity index (χ1) is 29.1. The molecule has 0 atom stereocenters. The molecule has 1 nitrogen and oxygen atoms in total. The highest BCUT2D eigenvalue weighted by Crippen LogP contribution is 2.63. The molecule has 9 aromatic carbocycles. The van der Waals surface area contributed by atoms with Crippen LogP contribution in [0.25, 0.3) is 77.7 Å². The first-order valence-corrected chi connectivity index (χ1v) is 20.7. The minimum Gasteiger partial charge on any atom is -0.309 e. The lowest BCUT2D eigenvalue weighted by atomic mass is 9.70. The lowest BCUT2D eigenvalue weighted by Gasteiger charge is -2.31. The molecular weight excluding hydrogens is 711 g/mol. The van der Waals surface area contributed by atoms with E-state index in [1.54, 1.807) is 0 Å². The van der Waals surface area contributed by atoms with Crippen LogP contribution in [0.5, 0.6) is 0 Å². The molecule has 0 radical (unpaired) electrons. The number of fused-ring (bicyclic) bond motifs is 15. The molecule has 0 amide bonds. The fourth-order valence-corrected chi connectivity index (χ4v) is 10.2. The number of aryl methyl sites for hydroxylation is 2. The van der Waals surface area contributed by atoms with Gasteiger partial charge in [0, 0.05) is 16.5 Å². The van der Waals surface area contributed by atoms with Gasteiger partial charge in [-0.3, -0.25) is 0 Å². The Morgan fingerprint density at radius 3 is 1.80 bits per heavy atom. The first kappa shape index (κ1) is 35.0. The SMILES string of the molecule is C/C=C\c1ccccc1C.Cc1ccc2c(c1)C1(c3ccccc3-c3ccccc31)c1cc(-c3ccc4c(c3)c3c5ccccc5ccc3n4-c3ccccc3)ccc1-2. The molecule has 2 aliphatic rings. The van der Waals surface area contributed by atoms with Crippen LogP contribution in [-0.2, 0) is 5.41 Å². The molecule has 0 saturated heterocycles. The van der Waals surface area contributed by atoms with Crippen LogP contribution in [-0.4, -0.2) is 4.57 Å². The van der Waals surface area contributed by atoms with Crippen molar-refractivity contribution in [1.29, 1.82) is 0 Å². The van der Waals surface area contributed by atoms with Crippen molar-refractivity contribution in [3.63, 3.8) is 0 Å². The van der Waals surface area contributed by atoms with Gasteiger partial charge < -0.3 is 4.57 Å². The molecule has 0 bridgehead atoms. The van der Waals surface area contributed by atoms with Crippen LogP contribution < -0.4 is 0 Å². The Bertz CT molecular complexity index is 3260. The number of allylic oxidation sites excluding steroid dienone is 1. The van der Waals surface area contributed by atoms with Crippen molar-refractivity contribution in [2.24, 2.45) is 0 Å². The highest BCUT2D eigenvalue weighted by Gasteiger charge is 2.51. The third kappa shape index (κ3) is 5.25. The Balaban J connectivity index is 0.000000351. The van der Waals surface area contributed by atoms with E-state index in [1.165, 1.54) is 111 Å². The predicted molar refractivity (Wildman–Crippen MR) is 251 cm³/mol. The summed E-state index contributed by atoms with van der Waals surface area (Å²) in [7, 11) is 0.